The van der Waals surface area contributed by atoms with Crippen LogP contribution in [0.2, 0.25) is 0 Å². The number of aliphatic hydroxyl groups excluding tert-OH is 1. The van der Waals surface area contributed by atoms with Crippen LogP contribution < -0.4 is 5.32 Å². The van der Waals surface area contributed by atoms with Crippen molar-refractivity contribution in [3.05, 3.63) is 53.3 Å². The predicted molar refractivity (Wildman–Crippen MR) is 107 cm³/mol. The van der Waals surface area contributed by atoms with Crippen molar-refractivity contribution in [3.63, 3.8) is 0 Å². The first-order valence-electron chi connectivity index (χ1n) is 9.58. The molecule has 1 aliphatic heterocycles. The van der Waals surface area contributed by atoms with Gasteiger partial charge in [-0.1, -0.05) is 11.2 Å². The quantitative estimate of drug-likeness (QED) is 0.704. The van der Waals surface area contributed by atoms with Gasteiger partial charge >= 0.3 is 0 Å². The molecule has 3 aromatic rings. The summed E-state index contributed by atoms with van der Waals surface area (Å²) in [6.07, 6.45) is 3.24. The van der Waals surface area contributed by atoms with Crippen LogP contribution in [0.25, 0.3) is 11.1 Å². The maximum atomic E-state index is 12.8. The molecule has 1 atom stereocenters. The van der Waals surface area contributed by atoms with Gasteiger partial charge in [0.05, 0.1) is 16.6 Å². The minimum Gasteiger partial charge on any atom is -0.396 e. The van der Waals surface area contributed by atoms with Gasteiger partial charge < -0.3 is 19.8 Å². The molecule has 150 valence electrons. The molecular formula is C21H22N4O4. The molecule has 0 bridgehead atoms. The van der Waals surface area contributed by atoms with Gasteiger partial charge in [-0.05, 0) is 49.9 Å². The van der Waals surface area contributed by atoms with Crippen molar-refractivity contribution >= 4 is 28.6 Å². The number of benzene rings is 1. The Morgan fingerprint density at radius 2 is 2.17 bits per heavy atom. The third kappa shape index (κ3) is 3.97. The van der Waals surface area contributed by atoms with Crippen LogP contribution in [0.4, 0.5) is 5.69 Å². The summed E-state index contributed by atoms with van der Waals surface area (Å²) in [4.78, 5) is 31.3. The van der Waals surface area contributed by atoms with Gasteiger partial charge in [-0.25, -0.2) is 4.98 Å². The second-order valence-corrected chi connectivity index (χ2v) is 7.32. The van der Waals surface area contributed by atoms with Crippen LogP contribution in [-0.2, 0) is 0 Å². The maximum Gasteiger partial charge on any atom is 0.257 e. The molecule has 1 saturated heterocycles. The number of carbonyl (C=O) groups excluding carboxylic acids is 2. The number of hydrogen-bond acceptors (Lipinski definition) is 6. The molecule has 4 rings (SSSR count). The number of hydrogen-bond donors (Lipinski definition) is 2. The molecule has 8 nitrogen and oxygen atoms in total. The van der Waals surface area contributed by atoms with Gasteiger partial charge in [0.2, 0.25) is 0 Å². The number of pyridine rings is 1. The fourth-order valence-electron chi connectivity index (χ4n) is 3.58. The number of fused-ring (bicyclic) bond motifs is 1. The Kier molecular flexibility index (Phi) is 5.26. The topological polar surface area (TPSA) is 109 Å². The standard InChI is InChI=1S/C21H22N4O4/c1-13-18-9-16(10-22-20(18)29-24-13)19(27)23-17-6-2-5-15(8-17)21(28)25-7-3-4-14(11-25)12-26/h2,5-6,8-10,14,26H,3-4,7,11-12H2,1H3,(H,23,27)/t14-/m0/s1. The molecule has 1 aromatic carbocycles. The van der Waals surface area contributed by atoms with Crippen LogP contribution in [0.5, 0.6) is 0 Å². The lowest BCUT2D eigenvalue weighted by Crippen LogP contribution is -2.40. The molecule has 0 aliphatic carbocycles. The molecule has 1 fully saturated rings. The second kappa shape index (κ2) is 8.00. The number of aryl methyl sites for hydroxylation is 1. The van der Waals surface area contributed by atoms with Gasteiger partial charge in [-0.2, -0.15) is 0 Å². The summed E-state index contributed by atoms with van der Waals surface area (Å²) >= 11 is 0. The summed E-state index contributed by atoms with van der Waals surface area (Å²) in [5.41, 5.74) is 2.46. The highest BCUT2D eigenvalue weighted by Crippen LogP contribution is 2.21. The van der Waals surface area contributed by atoms with E-state index in [1.807, 2.05) is 0 Å². The Hall–Kier alpha value is -3.26. The number of anilines is 1. The van der Waals surface area contributed by atoms with E-state index in [1.165, 1.54) is 6.20 Å². The largest absolute Gasteiger partial charge is 0.396 e. The number of piperidine rings is 1. The van der Waals surface area contributed by atoms with E-state index < -0.39 is 0 Å². The molecule has 2 N–H and O–H groups in total. The molecule has 0 unspecified atom stereocenters. The van der Waals surface area contributed by atoms with Crippen molar-refractivity contribution in [2.75, 3.05) is 25.0 Å². The normalized spacial score (nSPS) is 16.8. The van der Waals surface area contributed by atoms with E-state index in [1.54, 1.807) is 42.2 Å². The average Bonchev–Trinajstić information content (AvgIpc) is 3.13. The third-order valence-corrected chi connectivity index (χ3v) is 5.20. The summed E-state index contributed by atoms with van der Waals surface area (Å²) < 4.78 is 5.07. The molecule has 2 aromatic heterocycles. The molecule has 29 heavy (non-hydrogen) atoms. The fourth-order valence-corrected chi connectivity index (χ4v) is 3.58. The van der Waals surface area contributed by atoms with Crippen molar-refractivity contribution in [2.45, 2.75) is 19.8 Å². The molecule has 3 heterocycles. The lowest BCUT2D eigenvalue weighted by atomic mass is 9.98. The summed E-state index contributed by atoms with van der Waals surface area (Å²) in [6, 6.07) is 8.55. The molecule has 0 saturated carbocycles. The summed E-state index contributed by atoms with van der Waals surface area (Å²) in [5.74, 6) is -0.302. The smallest absolute Gasteiger partial charge is 0.257 e. The van der Waals surface area contributed by atoms with Gasteiger partial charge in [-0.3, -0.25) is 9.59 Å². The molecule has 0 radical (unpaired) electrons. The van der Waals surface area contributed by atoms with Crippen molar-refractivity contribution in [2.24, 2.45) is 5.92 Å². The Morgan fingerprint density at radius 3 is 3.00 bits per heavy atom. The number of rotatable bonds is 4. The minimum absolute atomic E-state index is 0.0872. The van der Waals surface area contributed by atoms with Crippen LogP contribution >= 0.6 is 0 Å². The Balaban J connectivity index is 1.50. The number of likely N-dealkylation sites (tertiary alicyclic amines) is 1. The fraction of sp³-hybridized carbons (Fsp3) is 0.333. The van der Waals surface area contributed by atoms with E-state index in [-0.39, 0.29) is 24.3 Å². The zero-order valence-electron chi connectivity index (χ0n) is 16.1. The number of nitrogens with zero attached hydrogens (tertiary/aromatic N) is 3. The van der Waals surface area contributed by atoms with Gasteiger partial charge in [0.15, 0.2) is 0 Å². The van der Waals surface area contributed by atoms with Gasteiger partial charge in [0.25, 0.3) is 17.5 Å². The SMILES string of the molecule is Cc1noc2ncc(C(=O)Nc3cccc(C(=O)N4CCC[C@H](CO)C4)c3)cc12. The summed E-state index contributed by atoms with van der Waals surface area (Å²) in [5, 5.41) is 16.7. The molecular weight excluding hydrogens is 372 g/mol. The number of aromatic nitrogens is 2. The lowest BCUT2D eigenvalue weighted by molar-refractivity contribution is 0.0620. The van der Waals surface area contributed by atoms with Crippen molar-refractivity contribution in [1.29, 1.82) is 0 Å². The Labute approximate surface area is 167 Å². The average molecular weight is 394 g/mol. The molecule has 1 aliphatic rings. The Bertz CT molecular complexity index is 1060. The zero-order valence-corrected chi connectivity index (χ0v) is 16.1. The highest BCUT2D eigenvalue weighted by atomic mass is 16.5. The van der Waals surface area contributed by atoms with E-state index in [9.17, 15) is 14.7 Å². The molecule has 0 spiro atoms. The first kappa shape index (κ1) is 19.1. The van der Waals surface area contributed by atoms with Gasteiger partial charge in [-0.15, -0.1) is 0 Å². The third-order valence-electron chi connectivity index (χ3n) is 5.20. The summed E-state index contributed by atoms with van der Waals surface area (Å²) in [7, 11) is 0. The van der Waals surface area contributed by atoms with Gasteiger partial charge in [0, 0.05) is 37.1 Å². The number of aliphatic hydroxyl groups is 1. The van der Waals surface area contributed by atoms with E-state index >= 15 is 0 Å². The van der Waals surface area contributed by atoms with Gasteiger partial charge in [0.1, 0.15) is 0 Å². The Morgan fingerprint density at radius 1 is 1.31 bits per heavy atom. The molecule has 8 heteroatoms. The van der Waals surface area contributed by atoms with Crippen LogP contribution in [0.15, 0.2) is 41.1 Å². The van der Waals surface area contributed by atoms with Crippen molar-refractivity contribution < 1.29 is 19.2 Å². The van der Waals surface area contributed by atoms with E-state index in [0.717, 1.165) is 12.8 Å². The van der Waals surface area contributed by atoms with E-state index in [0.29, 0.717) is 46.7 Å². The highest BCUT2D eigenvalue weighted by Gasteiger charge is 2.24. The number of nitrogens with one attached hydrogen (secondary N) is 1. The van der Waals surface area contributed by atoms with Crippen LogP contribution in [0.3, 0.4) is 0 Å². The first-order valence-corrected chi connectivity index (χ1v) is 9.58. The number of carbonyl (C=O) groups is 2. The van der Waals surface area contributed by atoms with Crippen LogP contribution in [0, 0.1) is 12.8 Å². The van der Waals surface area contributed by atoms with Crippen molar-refractivity contribution in [1.82, 2.24) is 15.0 Å². The maximum absolute atomic E-state index is 12.8. The van der Waals surface area contributed by atoms with Crippen LogP contribution in [-0.4, -0.2) is 51.7 Å². The zero-order chi connectivity index (χ0) is 20.4. The predicted octanol–water partition coefficient (Wildman–Crippen LogP) is 2.63. The van der Waals surface area contributed by atoms with Crippen molar-refractivity contribution in [3.8, 4) is 0 Å². The van der Waals surface area contributed by atoms with Crippen LogP contribution in [0.1, 0.15) is 39.3 Å². The molecule has 2 amide bonds. The second-order valence-electron chi connectivity index (χ2n) is 7.32. The lowest BCUT2D eigenvalue weighted by Gasteiger charge is -2.32. The van der Waals surface area contributed by atoms with E-state index in [2.05, 4.69) is 15.5 Å². The first-order chi connectivity index (χ1) is 14.0. The minimum atomic E-state index is -0.331. The summed E-state index contributed by atoms with van der Waals surface area (Å²) in [6.45, 7) is 3.10. The number of amides is 2. The van der Waals surface area contributed by atoms with E-state index in [4.69, 9.17) is 4.52 Å². The monoisotopic (exact) mass is 394 g/mol. The highest BCUT2D eigenvalue weighted by molar-refractivity contribution is 6.06.